The number of ether oxygens (including phenoxy) is 1. The van der Waals surface area contributed by atoms with Gasteiger partial charge in [-0.1, -0.05) is 69.9 Å². The zero-order valence-corrected chi connectivity index (χ0v) is 15.4. The number of carbonyl (C=O) groups is 1. The number of esters is 1. The molecule has 2 nitrogen and oxygen atoms in total. The molecule has 0 aliphatic rings. The van der Waals surface area contributed by atoms with Gasteiger partial charge < -0.3 is 4.74 Å². The van der Waals surface area contributed by atoms with Gasteiger partial charge in [0.2, 0.25) is 0 Å². The Hall–Kier alpha value is -1.02. The van der Waals surface area contributed by atoms with E-state index >= 15 is 0 Å². The predicted octanol–water partition coefficient (Wildman–Crippen LogP) is 6.81. The van der Waals surface area contributed by atoms with Crippen molar-refractivity contribution in [2.45, 2.75) is 84.2 Å². The van der Waals surface area contributed by atoms with Gasteiger partial charge in [0.1, 0.15) is 0 Å². The van der Waals surface area contributed by atoms with Crippen LogP contribution in [0.1, 0.15) is 88.4 Å². The molecule has 1 unspecified atom stereocenters. The molecular weight excluding hydrogens is 308 g/mol. The van der Waals surface area contributed by atoms with E-state index in [1.807, 2.05) is 6.92 Å². The van der Waals surface area contributed by atoms with E-state index in [1.54, 1.807) is 24.3 Å². The predicted molar refractivity (Wildman–Crippen MR) is 98.2 cm³/mol. The van der Waals surface area contributed by atoms with Crippen LogP contribution < -0.4 is 0 Å². The van der Waals surface area contributed by atoms with E-state index in [2.05, 4.69) is 6.92 Å². The van der Waals surface area contributed by atoms with Gasteiger partial charge in [-0.25, -0.2) is 4.79 Å². The molecule has 0 amide bonds. The van der Waals surface area contributed by atoms with Crippen molar-refractivity contribution in [1.82, 2.24) is 0 Å². The minimum absolute atomic E-state index is 0.0252. The van der Waals surface area contributed by atoms with Crippen LogP contribution in [0.2, 0.25) is 5.02 Å². The van der Waals surface area contributed by atoms with Crippen molar-refractivity contribution in [3.8, 4) is 0 Å². The number of unbranched alkanes of at least 4 members (excludes halogenated alkanes) is 8. The highest BCUT2D eigenvalue weighted by molar-refractivity contribution is 6.30. The Balaban J connectivity index is 2.04. The second kappa shape index (κ2) is 12.4. The Kier molecular flexibility index (Phi) is 10.8. The Morgan fingerprint density at radius 2 is 1.48 bits per heavy atom. The standard InChI is InChI=1S/C20H31ClO2/c1-3-4-5-6-7-8-9-10-11-12-17(2)23-20(22)18-13-15-19(21)16-14-18/h13-17H,3-12H2,1-2H3. The minimum atomic E-state index is -0.259. The highest BCUT2D eigenvalue weighted by atomic mass is 35.5. The summed E-state index contributed by atoms with van der Waals surface area (Å²) >= 11 is 5.82. The molecule has 1 rings (SSSR count). The molecule has 0 heterocycles. The third kappa shape index (κ3) is 9.65. The smallest absolute Gasteiger partial charge is 0.338 e. The van der Waals surface area contributed by atoms with E-state index in [9.17, 15) is 4.79 Å². The quantitative estimate of drug-likeness (QED) is 0.309. The van der Waals surface area contributed by atoms with E-state index in [0.29, 0.717) is 10.6 Å². The first-order chi connectivity index (χ1) is 11.1. The molecule has 1 atom stereocenters. The van der Waals surface area contributed by atoms with Gasteiger partial charge >= 0.3 is 5.97 Å². The number of halogens is 1. The minimum Gasteiger partial charge on any atom is -0.459 e. The van der Waals surface area contributed by atoms with Crippen LogP contribution in [0.15, 0.2) is 24.3 Å². The summed E-state index contributed by atoms with van der Waals surface area (Å²) in [4.78, 5) is 12.0. The Bertz CT molecular complexity index is 428. The lowest BCUT2D eigenvalue weighted by molar-refractivity contribution is 0.0319. The van der Waals surface area contributed by atoms with E-state index in [4.69, 9.17) is 16.3 Å². The fourth-order valence-corrected chi connectivity index (χ4v) is 2.76. The van der Waals surface area contributed by atoms with Crippen molar-refractivity contribution >= 4 is 17.6 Å². The number of hydrogen-bond donors (Lipinski definition) is 0. The van der Waals surface area contributed by atoms with Crippen molar-refractivity contribution in [3.63, 3.8) is 0 Å². The van der Waals surface area contributed by atoms with Crippen LogP contribution in [0.5, 0.6) is 0 Å². The zero-order valence-electron chi connectivity index (χ0n) is 14.7. The molecule has 0 radical (unpaired) electrons. The molecule has 1 aromatic carbocycles. The summed E-state index contributed by atoms with van der Waals surface area (Å²) in [7, 11) is 0. The van der Waals surface area contributed by atoms with Crippen molar-refractivity contribution in [2.24, 2.45) is 0 Å². The summed E-state index contributed by atoms with van der Waals surface area (Å²) in [5.74, 6) is -0.259. The monoisotopic (exact) mass is 338 g/mol. The van der Waals surface area contributed by atoms with Gasteiger partial charge in [-0.3, -0.25) is 0 Å². The van der Waals surface area contributed by atoms with E-state index in [1.165, 1.54) is 51.4 Å². The molecule has 130 valence electrons. The van der Waals surface area contributed by atoms with Crippen LogP contribution in [0.3, 0.4) is 0 Å². The van der Waals surface area contributed by atoms with Crippen LogP contribution in [0.25, 0.3) is 0 Å². The summed E-state index contributed by atoms with van der Waals surface area (Å²) in [6.45, 7) is 4.22. The van der Waals surface area contributed by atoms with Crippen molar-refractivity contribution in [2.75, 3.05) is 0 Å². The topological polar surface area (TPSA) is 26.3 Å². The summed E-state index contributed by atoms with van der Waals surface area (Å²) < 4.78 is 5.47. The maximum Gasteiger partial charge on any atom is 0.338 e. The summed E-state index contributed by atoms with van der Waals surface area (Å²) in [6.07, 6.45) is 12.7. The Morgan fingerprint density at radius 1 is 0.957 bits per heavy atom. The molecule has 1 aromatic rings. The fourth-order valence-electron chi connectivity index (χ4n) is 2.64. The van der Waals surface area contributed by atoms with Crippen LogP contribution in [-0.2, 0) is 4.74 Å². The first-order valence-corrected chi connectivity index (χ1v) is 9.47. The SMILES string of the molecule is CCCCCCCCCCCC(C)OC(=O)c1ccc(Cl)cc1. The van der Waals surface area contributed by atoms with Crippen molar-refractivity contribution in [3.05, 3.63) is 34.9 Å². The molecular formula is C20H31ClO2. The van der Waals surface area contributed by atoms with Crippen molar-refractivity contribution < 1.29 is 9.53 Å². The molecule has 0 aromatic heterocycles. The third-order valence-corrected chi connectivity index (χ3v) is 4.35. The second-order valence-electron chi connectivity index (χ2n) is 6.34. The lowest BCUT2D eigenvalue weighted by Crippen LogP contribution is -2.14. The van der Waals surface area contributed by atoms with E-state index < -0.39 is 0 Å². The lowest BCUT2D eigenvalue weighted by atomic mass is 10.1. The van der Waals surface area contributed by atoms with E-state index in [0.717, 1.165) is 12.8 Å². The maximum atomic E-state index is 12.0. The van der Waals surface area contributed by atoms with Gasteiger partial charge in [0, 0.05) is 5.02 Å². The van der Waals surface area contributed by atoms with Crippen LogP contribution >= 0.6 is 11.6 Å². The molecule has 0 N–H and O–H groups in total. The first-order valence-electron chi connectivity index (χ1n) is 9.10. The van der Waals surface area contributed by atoms with Crippen LogP contribution in [0, 0.1) is 0 Å². The summed E-state index contributed by atoms with van der Waals surface area (Å²) in [6, 6.07) is 6.83. The normalized spacial score (nSPS) is 12.1. The first kappa shape index (κ1) is 20.0. The summed E-state index contributed by atoms with van der Waals surface area (Å²) in [5, 5.41) is 0.629. The van der Waals surface area contributed by atoms with Gasteiger partial charge in [0.15, 0.2) is 0 Å². The van der Waals surface area contributed by atoms with Gasteiger partial charge in [-0.2, -0.15) is 0 Å². The average molecular weight is 339 g/mol. The highest BCUT2D eigenvalue weighted by Gasteiger charge is 2.11. The Labute approximate surface area is 146 Å². The average Bonchev–Trinajstić information content (AvgIpc) is 2.54. The van der Waals surface area contributed by atoms with Crippen LogP contribution in [0.4, 0.5) is 0 Å². The van der Waals surface area contributed by atoms with Gasteiger partial charge in [-0.15, -0.1) is 0 Å². The summed E-state index contributed by atoms with van der Waals surface area (Å²) in [5.41, 5.74) is 0.563. The molecule has 23 heavy (non-hydrogen) atoms. The largest absolute Gasteiger partial charge is 0.459 e. The lowest BCUT2D eigenvalue weighted by Gasteiger charge is -2.13. The molecule has 0 fully saturated rings. The van der Waals surface area contributed by atoms with Crippen molar-refractivity contribution in [1.29, 1.82) is 0 Å². The number of benzene rings is 1. The molecule has 0 spiro atoms. The highest BCUT2D eigenvalue weighted by Crippen LogP contribution is 2.14. The maximum absolute atomic E-state index is 12.0. The molecule has 0 bridgehead atoms. The van der Waals surface area contributed by atoms with Gasteiger partial charge in [0.05, 0.1) is 11.7 Å². The molecule has 3 heteroatoms. The van der Waals surface area contributed by atoms with Crippen LogP contribution in [-0.4, -0.2) is 12.1 Å². The second-order valence-corrected chi connectivity index (χ2v) is 6.78. The molecule has 0 saturated carbocycles. The number of rotatable bonds is 12. The fraction of sp³-hybridized carbons (Fsp3) is 0.650. The Morgan fingerprint density at radius 3 is 2.04 bits per heavy atom. The third-order valence-electron chi connectivity index (χ3n) is 4.10. The molecule has 0 saturated heterocycles. The number of hydrogen-bond acceptors (Lipinski definition) is 2. The number of carbonyl (C=O) groups excluding carboxylic acids is 1. The van der Waals surface area contributed by atoms with Gasteiger partial charge in [-0.05, 0) is 44.0 Å². The zero-order chi connectivity index (χ0) is 16.9. The molecule has 0 aliphatic heterocycles. The van der Waals surface area contributed by atoms with E-state index in [-0.39, 0.29) is 12.1 Å². The van der Waals surface area contributed by atoms with Gasteiger partial charge in [0.25, 0.3) is 0 Å². The molecule has 0 aliphatic carbocycles.